The Hall–Kier alpha value is -0.0400. The maximum atomic E-state index is 9.16. The second-order valence-corrected chi connectivity index (χ2v) is 7.25. The molecule has 1 rings (SSSR count). The van der Waals surface area contributed by atoms with Crippen LogP contribution in [-0.4, -0.2) is 11.7 Å². The second-order valence-electron chi connectivity index (χ2n) is 7.25. The molecular formula is C15H30O. The molecule has 0 aromatic heterocycles. The molecule has 1 aliphatic rings. The zero-order valence-corrected chi connectivity index (χ0v) is 12.0. The van der Waals surface area contributed by atoms with Gasteiger partial charge in [0.2, 0.25) is 0 Å². The van der Waals surface area contributed by atoms with Crippen LogP contribution in [0.3, 0.4) is 0 Å². The third-order valence-electron chi connectivity index (χ3n) is 5.52. The molecule has 3 unspecified atom stereocenters. The Balaban J connectivity index is 2.68. The van der Waals surface area contributed by atoms with Crippen LogP contribution >= 0.6 is 0 Å². The van der Waals surface area contributed by atoms with Crippen molar-refractivity contribution in [3.63, 3.8) is 0 Å². The van der Waals surface area contributed by atoms with Crippen LogP contribution in [0.4, 0.5) is 0 Å². The lowest BCUT2D eigenvalue weighted by Gasteiger charge is -2.42. The van der Waals surface area contributed by atoms with Gasteiger partial charge in [-0.3, -0.25) is 0 Å². The van der Waals surface area contributed by atoms with Gasteiger partial charge in [-0.15, -0.1) is 0 Å². The molecule has 1 heteroatoms. The Morgan fingerprint density at radius 2 is 1.75 bits per heavy atom. The van der Waals surface area contributed by atoms with Crippen LogP contribution in [0.5, 0.6) is 0 Å². The highest BCUT2D eigenvalue weighted by molar-refractivity contribution is 4.99. The van der Waals surface area contributed by atoms with Crippen molar-refractivity contribution in [1.82, 2.24) is 0 Å². The van der Waals surface area contributed by atoms with Crippen LogP contribution in [-0.2, 0) is 0 Å². The first-order valence-corrected chi connectivity index (χ1v) is 6.83. The van der Waals surface area contributed by atoms with E-state index in [0.29, 0.717) is 23.4 Å². The van der Waals surface area contributed by atoms with Crippen molar-refractivity contribution in [3.05, 3.63) is 0 Å². The van der Waals surface area contributed by atoms with Crippen molar-refractivity contribution in [2.45, 2.75) is 60.8 Å². The molecule has 0 aromatic rings. The lowest BCUT2D eigenvalue weighted by Crippen LogP contribution is -2.35. The van der Waals surface area contributed by atoms with E-state index in [-0.39, 0.29) is 0 Å². The molecule has 0 saturated heterocycles. The van der Waals surface area contributed by atoms with E-state index in [9.17, 15) is 0 Å². The van der Waals surface area contributed by atoms with E-state index in [1.165, 1.54) is 19.3 Å². The average Bonchev–Trinajstić information content (AvgIpc) is 2.36. The summed E-state index contributed by atoms with van der Waals surface area (Å²) in [6.07, 6.45) is 3.88. The summed E-state index contributed by atoms with van der Waals surface area (Å²) in [5.74, 6) is 2.00. The molecule has 0 amide bonds. The van der Waals surface area contributed by atoms with Crippen molar-refractivity contribution < 1.29 is 5.11 Å². The quantitative estimate of drug-likeness (QED) is 0.765. The lowest BCUT2D eigenvalue weighted by molar-refractivity contribution is 0.0665. The molecule has 1 saturated carbocycles. The van der Waals surface area contributed by atoms with Crippen LogP contribution in [0.1, 0.15) is 60.8 Å². The fourth-order valence-electron chi connectivity index (χ4n) is 3.57. The highest BCUT2D eigenvalue weighted by Crippen LogP contribution is 2.58. The molecule has 0 aliphatic heterocycles. The van der Waals surface area contributed by atoms with Crippen molar-refractivity contribution >= 4 is 0 Å². The van der Waals surface area contributed by atoms with Gasteiger partial charge in [-0.2, -0.15) is 0 Å². The molecule has 0 aromatic carbocycles. The van der Waals surface area contributed by atoms with Crippen molar-refractivity contribution in [3.8, 4) is 0 Å². The standard InChI is InChI=1S/C15H30O/c1-11(10-16)9-12(2)13-7-8-14(3,4)15(13,5)6/h11-13,16H,7-10H2,1-6H3. The van der Waals surface area contributed by atoms with Gasteiger partial charge in [-0.25, -0.2) is 0 Å². The topological polar surface area (TPSA) is 20.2 Å². The summed E-state index contributed by atoms with van der Waals surface area (Å²) < 4.78 is 0. The molecule has 3 atom stereocenters. The van der Waals surface area contributed by atoms with E-state index in [0.717, 1.165) is 11.8 Å². The fraction of sp³-hybridized carbons (Fsp3) is 1.00. The van der Waals surface area contributed by atoms with Crippen molar-refractivity contribution in [1.29, 1.82) is 0 Å². The monoisotopic (exact) mass is 226 g/mol. The third kappa shape index (κ3) is 2.45. The lowest BCUT2D eigenvalue weighted by atomic mass is 9.63. The van der Waals surface area contributed by atoms with E-state index < -0.39 is 0 Å². The first-order chi connectivity index (χ1) is 7.22. The maximum Gasteiger partial charge on any atom is 0.0456 e. The molecule has 0 bridgehead atoms. The average molecular weight is 226 g/mol. The molecule has 0 radical (unpaired) electrons. The Morgan fingerprint density at radius 1 is 1.19 bits per heavy atom. The molecule has 0 spiro atoms. The molecule has 96 valence electrons. The van der Waals surface area contributed by atoms with Gasteiger partial charge in [-0.1, -0.05) is 41.5 Å². The third-order valence-corrected chi connectivity index (χ3v) is 5.52. The van der Waals surface area contributed by atoms with E-state index in [2.05, 4.69) is 41.5 Å². The van der Waals surface area contributed by atoms with Crippen LogP contribution in [0.15, 0.2) is 0 Å². The summed E-state index contributed by atoms with van der Waals surface area (Å²) in [4.78, 5) is 0. The van der Waals surface area contributed by atoms with Gasteiger partial charge < -0.3 is 5.11 Å². The predicted octanol–water partition coefficient (Wildman–Crippen LogP) is 4.10. The fourth-order valence-corrected chi connectivity index (χ4v) is 3.57. The van der Waals surface area contributed by atoms with Crippen molar-refractivity contribution in [2.75, 3.05) is 6.61 Å². The van der Waals surface area contributed by atoms with Gasteiger partial charge in [0.15, 0.2) is 0 Å². The highest BCUT2D eigenvalue weighted by atomic mass is 16.3. The van der Waals surface area contributed by atoms with E-state index in [1.54, 1.807) is 0 Å². The summed E-state index contributed by atoms with van der Waals surface area (Å²) >= 11 is 0. The summed E-state index contributed by atoms with van der Waals surface area (Å²) in [7, 11) is 0. The maximum absolute atomic E-state index is 9.16. The molecule has 16 heavy (non-hydrogen) atoms. The van der Waals surface area contributed by atoms with E-state index >= 15 is 0 Å². The molecule has 0 heterocycles. The number of aliphatic hydroxyl groups excluding tert-OH is 1. The van der Waals surface area contributed by atoms with Gasteiger partial charge in [0.1, 0.15) is 0 Å². The second kappa shape index (κ2) is 4.68. The molecule has 1 N–H and O–H groups in total. The molecule has 1 aliphatic carbocycles. The zero-order chi connectivity index (χ0) is 12.6. The minimum atomic E-state index is 0.334. The smallest absolute Gasteiger partial charge is 0.0456 e. The van der Waals surface area contributed by atoms with Crippen LogP contribution < -0.4 is 0 Å². The Morgan fingerprint density at radius 3 is 2.12 bits per heavy atom. The number of hydrogen-bond donors (Lipinski definition) is 1. The summed E-state index contributed by atoms with van der Waals surface area (Å²) in [6.45, 7) is 14.6. The highest BCUT2D eigenvalue weighted by Gasteiger charge is 2.49. The van der Waals surface area contributed by atoms with Gasteiger partial charge >= 0.3 is 0 Å². The normalized spacial score (nSPS) is 31.3. The molecular weight excluding hydrogens is 196 g/mol. The van der Waals surface area contributed by atoms with Crippen LogP contribution in [0, 0.1) is 28.6 Å². The van der Waals surface area contributed by atoms with Crippen LogP contribution in [0.2, 0.25) is 0 Å². The summed E-state index contributed by atoms with van der Waals surface area (Å²) in [5, 5.41) is 9.16. The minimum Gasteiger partial charge on any atom is -0.396 e. The first-order valence-electron chi connectivity index (χ1n) is 6.83. The molecule has 1 nitrogen and oxygen atoms in total. The van der Waals surface area contributed by atoms with E-state index in [4.69, 9.17) is 5.11 Å². The number of aliphatic hydroxyl groups is 1. The van der Waals surface area contributed by atoms with Gasteiger partial charge in [0.05, 0.1) is 0 Å². The summed E-state index contributed by atoms with van der Waals surface area (Å²) in [5.41, 5.74) is 0.899. The SMILES string of the molecule is CC(CO)CC(C)C1CCC(C)(C)C1(C)C. The zero-order valence-electron chi connectivity index (χ0n) is 12.0. The van der Waals surface area contributed by atoms with Gasteiger partial charge in [0.25, 0.3) is 0 Å². The van der Waals surface area contributed by atoms with Gasteiger partial charge in [-0.05, 0) is 47.8 Å². The molecule has 1 fully saturated rings. The predicted molar refractivity (Wildman–Crippen MR) is 70.3 cm³/mol. The van der Waals surface area contributed by atoms with Gasteiger partial charge in [0, 0.05) is 6.61 Å². The Labute approximate surface area is 102 Å². The minimum absolute atomic E-state index is 0.334. The van der Waals surface area contributed by atoms with Crippen molar-refractivity contribution in [2.24, 2.45) is 28.6 Å². The van der Waals surface area contributed by atoms with Crippen LogP contribution in [0.25, 0.3) is 0 Å². The van der Waals surface area contributed by atoms with E-state index in [1.807, 2.05) is 0 Å². The number of hydrogen-bond acceptors (Lipinski definition) is 1. The Bertz CT molecular complexity index is 230. The summed E-state index contributed by atoms with van der Waals surface area (Å²) in [6, 6.07) is 0. The largest absolute Gasteiger partial charge is 0.396 e. The Kier molecular flexibility index (Phi) is 4.10. The first kappa shape index (κ1) is 14.0. The number of rotatable bonds is 4.